The Morgan fingerprint density at radius 3 is 2.60 bits per heavy atom. The first-order valence-corrected chi connectivity index (χ1v) is 9.35. The summed E-state index contributed by atoms with van der Waals surface area (Å²) < 4.78 is 5.60. The number of anilines is 1. The van der Waals surface area contributed by atoms with Gasteiger partial charge in [-0.2, -0.15) is 5.26 Å². The zero-order valence-corrected chi connectivity index (χ0v) is 17.1. The normalized spacial score (nSPS) is 11.1. The molecule has 0 saturated carbocycles. The monoisotopic (exact) mass is 461 g/mol. The third-order valence-electron chi connectivity index (χ3n) is 3.91. The number of nitro benzene ring substituents is 1. The van der Waals surface area contributed by atoms with Crippen molar-refractivity contribution < 1.29 is 14.1 Å². The minimum Gasteiger partial charge on any atom is -0.457 e. The van der Waals surface area contributed by atoms with Crippen LogP contribution in [0.15, 0.2) is 58.5 Å². The molecule has 0 atom stereocenters. The summed E-state index contributed by atoms with van der Waals surface area (Å²) in [6, 6.07) is 13.8. The molecule has 2 aromatic carbocycles. The van der Waals surface area contributed by atoms with Crippen LogP contribution in [0.1, 0.15) is 5.76 Å². The van der Waals surface area contributed by atoms with Crippen molar-refractivity contribution in [2.75, 3.05) is 5.32 Å². The van der Waals surface area contributed by atoms with Crippen LogP contribution in [0.2, 0.25) is 15.1 Å². The molecule has 0 aliphatic rings. The largest absolute Gasteiger partial charge is 0.457 e. The molecule has 7 nitrogen and oxygen atoms in total. The number of nitrogens with one attached hydrogen (secondary N) is 1. The van der Waals surface area contributed by atoms with Crippen molar-refractivity contribution in [2.45, 2.75) is 0 Å². The molecule has 0 unspecified atom stereocenters. The van der Waals surface area contributed by atoms with E-state index >= 15 is 0 Å². The van der Waals surface area contributed by atoms with E-state index < -0.39 is 10.8 Å². The smallest absolute Gasteiger partial charge is 0.288 e. The van der Waals surface area contributed by atoms with Gasteiger partial charge in [-0.05, 0) is 36.4 Å². The Morgan fingerprint density at radius 2 is 1.90 bits per heavy atom. The van der Waals surface area contributed by atoms with Crippen LogP contribution >= 0.6 is 34.8 Å². The van der Waals surface area contributed by atoms with E-state index in [0.29, 0.717) is 11.3 Å². The van der Waals surface area contributed by atoms with E-state index in [9.17, 15) is 20.2 Å². The lowest BCUT2D eigenvalue weighted by atomic mass is 10.1. The number of halogens is 3. The van der Waals surface area contributed by atoms with Crippen molar-refractivity contribution in [3.63, 3.8) is 0 Å². The Morgan fingerprint density at radius 1 is 1.13 bits per heavy atom. The SMILES string of the molecule is N#C/C(=C\c1ccc(-c2ccc(Cl)c([N+](=O)[O-])c2)o1)C(=O)Nc1cccc(Cl)c1Cl. The number of hydrogen-bond donors (Lipinski definition) is 1. The number of hydrogen-bond acceptors (Lipinski definition) is 5. The van der Waals surface area contributed by atoms with Gasteiger partial charge >= 0.3 is 0 Å². The standard InChI is InChI=1S/C20H10Cl3N3O4/c21-14-6-4-11(9-17(14)26(28)29)18-7-5-13(30-18)8-12(10-24)20(27)25-16-3-1-2-15(22)19(16)23/h1-9H,(H,25,27)/b12-8+. The van der Waals surface area contributed by atoms with E-state index in [2.05, 4.69) is 5.32 Å². The second kappa shape index (κ2) is 9.01. The number of nitro groups is 1. The summed E-state index contributed by atoms with van der Waals surface area (Å²) in [5.41, 5.74) is 0.163. The van der Waals surface area contributed by atoms with E-state index in [0.717, 1.165) is 0 Å². The van der Waals surface area contributed by atoms with Crippen LogP contribution in [0.5, 0.6) is 0 Å². The average molecular weight is 463 g/mol. The second-order valence-electron chi connectivity index (χ2n) is 5.85. The molecule has 1 heterocycles. The fourth-order valence-electron chi connectivity index (χ4n) is 2.47. The number of carbonyl (C=O) groups excluding carboxylic acids is 1. The Hall–Kier alpha value is -3.31. The molecule has 1 N–H and O–H groups in total. The van der Waals surface area contributed by atoms with Crippen molar-refractivity contribution in [1.29, 1.82) is 5.26 Å². The molecule has 0 aliphatic heterocycles. The summed E-state index contributed by atoms with van der Waals surface area (Å²) in [4.78, 5) is 22.9. The molecule has 1 amide bonds. The maximum atomic E-state index is 12.4. The molecular formula is C20H10Cl3N3O4. The van der Waals surface area contributed by atoms with Crippen molar-refractivity contribution >= 4 is 58.2 Å². The maximum absolute atomic E-state index is 12.4. The fraction of sp³-hybridized carbons (Fsp3) is 0. The first-order valence-electron chi connectivity index (χ1n) is 8.21. The zero-order chi connectivity index (χ0) is 21.8. The van der Waals surface area contributed by atoms with Gasteiger partial charge in [-0.25, -0.2) is 0 Å². The lowest BCUT2D eigenvalue weighted by Gasteiger charge is -2.07. The molecular weight excluding hydrogens is 453 g/mol. The van der Waals surface area contributed by atoms with Crippen molar-refractivity contribution in [1.82, 2.24) is 0 Å². The molecule has 30 heavy (non-hydrogen) atoms. The molecule has 1 aromatic heterocycles. The predicted octanol–water partition coefficient (Wildman–Crippen LogP) is 6.36. The van der Waals surface area contributed by atoms with Gasteiger partial charge in [-0.1, -0.05) is 40.9 Å². The summed E-state index contributed by atoms with van der Waals surface area (Å²) in [5.74, 6) is -0.204. The van der Waals surface area contributed by atoms with Crippen LogP contribution in [-0.2, 0) is 4.79 Å². The summed E-state index contributed by atoms with van der Waals surface area (Å²) >= 11 is 17.8. The van der Waals surface area contributed by atoms with Crippen LogP contribution in [0.25, 0.3) is 17.4 Å². The highest BCUT2D eigenvalue weighted by molar-refractivity contribution is 6.44. The number of nitrogens with zero attached hydrogens (tertiary/aromatic N) is 2. The second-order valence-corrected chi connectivity index (χ2v) is 7.04. The number of rotatable bonds is 5. The minimum atomic E-state index is -0.707. The van der Waals surface area contributed by atoms with Gasteiger partial charge in [0.25, 0.3) is 11.6 Å². The third-order valence-corrected chi connectivity index (χ3v) is 5.04. The number of benzene rings is 2. The van der Waals surface area contributed by atoms with Crippen molar-refractivity contribution in [3.05, 3.63) is 85.0 Å². The fourth-order valence-corrected chi connectivity index (χ4v) is 3.01. The molecule has 10 heteroatoms. The van der Waals surface area contributed by atoms with Gasteiger partial charge in [-0.3, -0.25) is 14.9 Å². The van der Waals surface area contributed by atoms with Crippen molar-refractivity contribution in [2.24, 2.45) is 0 Å². The number of nitriles is 1. The summed E-state index contributed by atoms with van der Waals surface area (Å²) in [7, 11) is 0. The molecule has 0 spiro atoms. The minimum absolute atomic E-state index is 0.00135. The molecule has 150 valence electrons. The Labute approximate surface area is 185 Å². The van der Waals surface area contributed by atoms with Crippen molar-refractivity contribution in [3.8, 4) is 17.4 Å². The molecule has 0 aliphatic carbocycles. The summed E-state index contributed by atoms with van der Waals surface area (Å²) in [6.07, 6.45) is 1.24. The maximum Gasteiger partial charge on any atom is 0.288 e. The van der Waals surface area contributed by atoms with Gasteiger partial charge in [-0.15, -0.1) is 0 Å². The first kappa shape index (κ1) is 21.4. The molecule has 0 fully saturated rings. The van der Waals surface area contributed by atoms with E-state index in [1.54, 1.807) is 36.4 Å². The molecule has 0 radical (unpaired) electrons. The van der Waals surface area contributed by atoms with Crippen LogP contribution < -0.4 is 5.32 Å². The van der Waals surface area contributed by atoms with Gasteiger partial charge in [0.1, 0.15) is 28.2 Å². The van der Waals surface area contributed by atoms with Crippen LogP contribution in [0.3, 0.4) is 0 Å². The average Bonchev–Trinajstić information content (AvgIpc) is 3.18. The van der Waals surface area contributed by atoms with Crippen LogP contribution in [-0.4, -0.2) is 10.8 Å². The highest BCUT2D eigenvalue weighted by atomic mass is 35.5. The van der Waals surface area contributed by atoms with Gasteiger partial charge < -0.3 is 9.73 Å². The van der Waals surface area contributed by atoms with E-state index in [1.807, 2.05) is 0 Å². The van der Waals surface area contributed by atoms with E-state index in [1.165, 1.54) is 24.3 Å². The predicted molar refractivity (Wildman–Crippen MR) is 114 cm³/mol. The first-order chi connectivity index (χ1) is 14.3. The highest BCUT2D eigenvalue weighted by Crippen LogP contribution is 2.32. The lowest BCUT2D eigenvalue weighted by Crippen LogP contribution is -2.13. The van der Waals surface area contributed by atoms with Gasteiger partial charge in [0.2, 0.25) is 0 Å². The highest BCUT2D eigenvalue weighted by Gasteiger charge is 2.16. The third kappa shape index (κ3) is 4.63. The van der Waals surface area contributed by atoms with Gasteiger partial charge in [0.05, 0.1) is 20.7 Å². The van der Waals surface area contributed by atoms with Crippen LogP contribution in [0.4, 0.5) is 11.4 Å². The van der Waals surface area contributed by atoms with E-state index in [4.69, 9.17) is 39.2 Å². The molecule has 0 saturated heterocycles. The number of furan rings is 1. The topological polar surface area (TPSA) is 109 Å². The molecule has 3 aromatic rings. The number of carbonyl (C=O) groups is 1. The molecule has 3 rings (SSSR count). The number of amides is 1. The lowest BCUT2D eigenvalue weighted by molar-refractivity contribution is -0.384. The van der Waals surface area contributed by atoms with Crippen LogP contribution in [0, 0.1) is 21.4 Å². The quantitative estimate of drug-likeness (QED) is 0.205. The Bertz CT molecular complexity index is 1230. The summed E-state index contributed by atoms with van der Waals surface area (Å²) in [6.45, 7) is 0. The van der Waals surface area contributed by atoms with E-state index in [-0.39, 0.29) is 37.8 Å². The van der Waals surface area contributed by atoms with Gasteiger partial charge in [0, 0.05) is 17.7 Å². The van der Waals surface area contributed by atoms with Gasteiger partial charge in [0.15, 0.2) is 0 Å². The molecule has 0 bridgehead atoms. The Balaban J connectivity index is 1.86. The Kier molecular flexibility index (Phi) is 6.43. The summed E-state index contributed by atoms with van der Waals surface area (Å²) in [5, 5.41) is 23.3. The zero-order valence-electron chi connectivity index (χ0n) is 14.9.